The fourth-order valence-electron chi connectivity index (χ4n) is 6.06. The van der Waals surface area contributed by atoms with Crippen LogP contribution in [0.2, 0.25) is 0 Å². The lowest BCUT2D eigenvalue weighted by Gasteiger charge is -2.50. The van der Waals surface area contributed by atoms with E-state index in [4.69, 9.17) is 4.74 Å². The summed E-state index contributed by atoms with van der Waals surface area (Å²) in [7, 11) is 7.70. The number of benzene rings is 1. The number of esters is 1. The van der Waals surface area contributed by atoms with Gasteiger partial charge in [-0.25, -0.2) is 4.79 Å². The molecular formula is C26H30N2O9. The van der Waals surface area contributed by atoms with Gasteiger partial charge in [0.15, 0.2) is 17.2 Å². The van der Waals surface area contributed by atoms with Crippen molar-refractivity contribution in [2.45, 2.75) is 31.4 Å². The van der Waals surface area contributed by atoms with Gasteiger partial charge < -0.3 is 30.1 Å². The molecule has 1 aromatic rings. The predicted molar refractivity (Wildman–Crippen MR) is 131 cm³/mol. The fraction of sp³-hybridized carbons (Fsp3) is 0.462. The molecule has 1 saturated carbocycles. The summed E-state index contributed by atoms with van der Waals surface area (Å²) in [6.45, 7) is 1.05. The van der Waals surface area contributed by atoms with Crippen molar-refractivity contribution in [2.75, 3.05) is 40.2 Å². The minimum absolute atomic E-state index is 0.0112. The fourth-order valence-corrected chi connectivity index (χ4v) is 6.06. The minimum Gasteiger partial charge on any atom is -0.508 e. The largest absolute Gasteiger partial charge is 0.508 e. The van der Waals surface area contributed by atoms with Gasteiger partial charge in [-0.3, -0.25) is 19.3 Å². The second-order valence-electron chi connectivity index (χ2n) is 10.2. The summed E-state index contributed by atoms with van der Waals surface area (Å²) in [4.78, 5) is 54.9. The molecule has 3 aliphatic carbocycles. The molecule has 1 fully saturated rings. The van der Waals surface area contributed by atoms with E-state index in [0.29, 0.717) is 11.3 Å². The number of Topliss-reactive ketones (excluding diaryl/α,β-unsaturated/α-hetero) is 3. The first kappa shape index (κ1) is 26.4. The zero-order valence-corrected chi connectivity index (χ0v) is 21.4. The normalized spacial score (nSPS) is 27.1. The molecule has 11 heteroatoms. The number of ketones is 3. The Morgan fingerprint density at radius 1 is 1.11 bits per heavy atom. The summed E-state index contributed by atoms with van der Waals surface area (Å²) >= 11 is 0. The molecule has 0 bridgehead atoms. The Morgan fingerprint density at radius 2 is 1.73 bits per heavy atom. The van der Waals surface area contributed by atoms with Crippen molar-refractivity contribution in [2.24, 2.45) is 11.8 Å². The second kappa shape index (κ2) is 8.70. The smallest absolute Gasteiger partial charge is 0.341 e. The van der Waals surface area contributed by atoms with Crippen molar-refractivity contribution < 1.29 is 44.3 Å². The number of aromatic hydroxyl groups is 1. The van der Waals surface area contributed by atoms with Crippen LogP contribution in [-0.2, 0) is 25.5 Å². The number of aliphatic hydroxyl groups excluding tert-OH is 2. The molecule has 11 nitrogen and oxygen atoms in total. The molecule has 4 atom stereocenters. The Kier molecular flexibility index (Phi) is 6.20. The summed E-state index contributed by atoms with van der Waals surface area (Å²) < 4.78 is 4.76. The average molecular weight is 515 g/mol. The van der Waals surface area contributed by atoms with Crippen LogP contribution < -0.4 is 4.90 Å². The van der Waals surface area contributed by atoms with E-state index < -0.39 is 69.6 Å². The van der Waals surface area contributed by atoms with Crippen LogP contribution in [0, 0.1) is 11.8 Å². The molecular weight excluding hydrogens is 484 g/mol. The molecule has 0 radical (unpaired) electrons. The van der Waals surface area contributed by atoms with Crippen LogP contribution in [0.25, 0.3) is 5.76 Å². The number of phenols is 1. The zero-order chi connectivity index (χ0) is 27.7. The van der Waals surface area contributed by atoms with Gasteiger partial charge in [0.2, 0.25) is 5.78 Å². The number of carbonyl (C=O) groups is 4. The van der Waals surface area contributed by atoms with Crippen molar-refractivity contribution in [3.8, 4) is 5.75 Å². The number of nitrogens with zero attached hydrogens (tertiary/aromatic N) is 2. The lowest BCUT2D eigenvalue weighted by molar-refractivity contribution is -0.153. The molecule has 4 N–H and O–H groups in total. The first-order valence-electron chi connectivity index (χ1n) is 11.7. The van der Waals surface area contributed by atoms with Crippen molar-refractivity contribution in [1.29, 1.82) is 0 Å². The van der Waals surface area contributed by atoms with Crippen molar-refractivity contribution in [3.63, 3.8) is 0 Å². The number of hydrogen-bond donors (Lipinski definition) is 4. The van der Waals surface area contributed by atoms with Crippen LogP contribution in [0.5, 0.6) is 5.75 Å². The predicted octanol–water partition coefficient (Wildman–Crippen LogP) is 0.920. The van der Waals surface area contributed by atoms with E-state index in [1.54, 1.807) is 33.1 Å². The van der Waals surface area contributed by atoms with Crippen LogP contribution in [0.3, 0.4) is 0 Å². The van der Waals surface area contributed by atoms with Crippen LogP contribution in [0.4, 0.5) is 5.69 Å². The van der Waals surface area contributed by atoms with Crippen molar-refractivity contribution in [3.05, 3.63) is 39.7 Å². The Hall–Kier alpha value is -3.70. The highest BCUT2D eigenvalue weighted by Gasteiger charge is 2.64. The molecule has 1 aromatic carbocycles. The Bertz CT molecular complexity index is 1320. The second-order valence-corrected chi connectivity index (χ2v) is 10.2. The van der Waals surface area contributed by atoms with E-state index in [1.165, 1.54) is 11.0 Å². The van der Waals surface area contributed by atoms with Gasteiger partial charge in [0, 0.05) is 31.3 Å². The van der Waals surface area contributed by atoms with Crippen molar-refractivity contribution in [1.82, 2.24) is 4.90 Å². The van der Waals surface area contributed by atoms with Crippen LogP contribution in [0.15, 0.2) is 23.0 Å². The van der Waals surface area contributed by atoms with Crippen LogP contribution in [0.1, 0.15) is 34.8 Å². The van der Waals surface area contributed by atoms with Crippen molar-refractivity contribution >= 4 is 34.8 Å². The zero-order valence-electron chi connectivity index (χ0n) is 21.4. The molecule has 0 amide bonds. The number of anilines is 1. The molecule has 4 rings (SSSR count). The molecule has 3 aliphatic rings. The number of phenolic OH excluding ortho intramolecular Hbond substituents is 1. The number of carbonyl (C=O) groups excluding carboxylic acids is 4. The van der Waals surface area contributed by atoms with Gasteiger partial charge in [-0.05, 0) is 51.4 Å². The SMILES string of the molecule is COC(=O)c1cc(N(C)C)c2c(c1O)C(O)=C1C(=O)[C@@]3(O)C(O)=C(C(C)=O)C(=O)C(N(C)C)[C@H]3C[C@H]1C2. The molecule has 0 aromatic heterocycles. The highest BCUT2D eigenvalue weighted by atomic mass is 16.5. The standard InChI is InChI=1S/C26H30N2O9/c1-10(29)16-22(32)19(28(4)5)14-8-11-7-12-15(27(2)3)9-13(25(35)37-6)20(30)18(12)21(31)17(11)24(34)26(14,36)23(16)33/h9,11,14,19,30-31,33,36H,7-8H2,1-6H3/t11-,14-,19?,26+/m1/s1. The molecule has 0 saturated heterocycles. The highest BCUT2D eigenvalue weighted by Crippen LogP contribution is 2.54. The number of aliphatic hydroxyl groups is 3. The maximum Gasteiger partial charge on any atom is 0.341 e. The van der Waals surface area contributed by atoms with Gasteiger partial charge in [0.05, 0.1) is 18.7 Å². The van der Waals surface area contributed by atoms with E-state index in [0.717, 1.165) is 14.0 Å². The third kappa shape index (κ3) is 3.48. The quantitative estimate of drug-likeness (QED) is 0.333. The monoisotopic (exact) mass is 514 g/mol. The maximum atomic E-state index is 13.9. The van der Waals surface area contributed by atoms with E-state index in [9.17, 15) is 39.6 Å². The lowest BCUT2D eigenvalue weighted by atomic mass is 9.57. The molecule has 0 spiro atoms. The first-order valence-corrected chi connectivity index (χ1v) is 11.7. The lowest BCUT2D eigenvalue weighted by Crippen LogP contribution is -2.65. The van der Waals surface area contributed by atoms with Gasteiger partial charge in [0.25, 0.3) is 0 Å². The average Bonchev–Trinajstić information content (AvgIpc) is 2.80. The third-order valence-electron chi connectivity index (χ3n) is 7.69. The summed E-state index contributed by atoms with van der Waals surface area (Å²) in [6, 6.07) is 0.344. The van der Waals surface area contributed by atoms with Gasteiger partial charge in [-0.2, -0.15) is 0 Å². The Balaban J connectivity index is 2.02. The number of methoxy groups -OCH3 is 1. The maximum absolute atomic E-state index is 13.9. The number of hydrogen-bond acceptors (Lipinski definition) is 11. The minimum atomic E-state index is -2.65. The Labute approximate surface area is 213 Å². The number of rotatable bonds is 4. The van der Waals surface area contributed by atoms with Gasteiger partial charge in [-0.1, -0.05) is 0 Å². The molecule has 0 heterocycles. The molecule has 198 valence electrons. The topological polar surface area (TPSA) is 165 Å². The molecule has 37 heavy (non-hydrogen) atoms. The third-order valence-corrected chi connectivity index (χ3v) is 7.69. The number of ether oxygens (including phenoxy) is 1. The van der Waals surface area contributed by atoms with Gasteiger partial charge in [0.1, 0.15) is 28.4 Å². The number of likely N-dealkylation sites (N-methyl/N-ethyl adjacent to an activating group) is 1. The summed E-state index contributed by atoms with van der Waals surface area (Å²) in [5.41, 5.74) is -2.99. The van der Waals surface area contributed by atoms with Gasteiger partial charge in [-0.15, -0.1) is 0 Å². The van der Waals surface area contributed by atoms with Crippen LogP contribution >= 0.6 is 0 Å². The molecule has 1 unspecified atom stereocenters. The summed E-state index contributed by atoms with van der Waals surface area (Å²) in [5.74, 6) is -7.50. The van der Waals surface area contributed by atoms with Crippen LogP contribution in [-0.4, -0.2) is 95.6 Å². The molecule has 0 aliphatic heterocycles. The Morgan fingerprint density at radius 3 is 2.24 bits per heavy atom. The van der Waals surface area contributed by atoms with Gasteiger partial charge >= 0.3 is 5.97 Å². The van der Waals surface area contributed by atoms with E-state index in [1.807, 2.05) is 0 Å². The summed E-state index contributed by atoms with van der Waals surface area (Å²) in [6.07, 6.45) is 0.144. The number of fused-ring (bicyclic) bond motifs is 3. The van der Waals surface area contributed by atoms with E-state index in [-0.39, 0.29) is 29.5 Å². The van der Waals surface area contributed by atoms with E-state index in [2.05, 4.69) is 0 Å². The first-order chi connectivity index (χ1) is 17.2. The van der Waals surface area contributed by atoms with E-state index >= 15 is 0 Å². The summed E-state index contributed by atoms with van der Waals surface area (Å²) in [5, 5.41) is 45.0. The highest BCUT2D eigenvalue weighted by molar-refractivity contribution is 6.25.